The average molecular weight is 466 g/mol. The van der Waals surface area contributed by atoms with Crippen molar-refractivity contribution >= 4 is 17.9 Å². The number of benzene rings is 1. The largest absolute Gasteiger partial charge is 0.443 e. The van der Waals surface area contributed by atoms with E-state index in [0.29, 0.717) is 12.5 Å². The van der Waals surface area contributed by atoms with E-state index in [2.05, 4.69) is 21.3 Å². The second-order valence-corrected chi connectivity index (χ2v) is 11.0. The van der Waals surface area contributed by atoms with Crippen LogP contribution in [0, 0.1) is 0 Å². The molecular formula is C26H35N5O3. The lowest BCUT2D eigenvalue weighted by Crippen LogP contribution is -2.40. The lowest BCUT2D eigenvalue weighted by molar-refractivity contribution is 0.0586. The van der Waals surface area contributed by atoms with Gasteiger partial charge in [0, 0.05) is 43.5 Å². The van der Waals surface area contributed by atoms with Crippen LogP contribution < -0.4 is 10.2 Å². The standard InChI is InChI=1S/C26H35N5O3/c1-25(2,3)34-24(33)29(4)23-27-9-12-31(23)15-18-13-19(16-30-10-5-6-11-30)21-20(14-18)22(32)28-17-26(21)7-8-26/h9,12-14H,5-8,10-11,15-17H2,1-4H3,(H,28,32). The Hall–Kier alpha value is -2.87. The van der Waals surface area contributed by atoms with Gasteiger partial charge in [0.1, 0.15) is 5.60 Å². The van der Waals surface area contributed by atoms with Gasteiger partial charge in [-0.2, -0.15) is 0 Å². The third-order valence-corrected chi connectivity index (χ3v) is 7.10. The molecule has 0 radical (unpaired) electrons. The molecule has 1 aromatic carbocycles. The zero-order chi connectivity index (χ0) is 24.1. The van der Waals surface area contributed by atoms with Crippen LogP contribution in [0.25, 0.3) is 0 Å². The van der Waals surface area contributed by atoms with Gasteiger partial charge in [-0.25, -0.2) is 9.78 Å². The Kier molecular flexibility index (Phi) is 5.67. The molecule has 0 bridgehead atoms. The zero-order valence-corrected chi connectivity index (χ0v) is 20.7. The maximum absolute atomic E-state index is 12.9. The fraction of sp³-hybridized carbons (Fsp3) is 0.577. The summed E-state index contributed by atoms with van der Waals surface area (Å²) in [6.45, 7) is 9.92. The summed E-state index contributed by atoms with van der Waals surface area (Å²) in [7, 11) is 1.67. The van der Waals surface area contributed by atoms with Crippen LogP contribution >= 0.6 is 0 Å². The van der Waals surface area contributed by atoms with Crippen LogP contribution in [-0.2, 0) is 23.2 Å². The number of aromatic nitrogens is 2. The average Bonchev–Trinajstić information content (AvgIpc) is 3.13. The minimum absolute atomic E-state index is 0.0220. The molecule has 1 aromatic heterocycles. The molecule has 3 heterocycles. The smallest absolute Gasteiger partial charge is 0.416 e. The number of rotatable bonds is 5. The molecule has 3 aliphatic rings. The Morgan fingerprint density at radius 1 is 1.21 bits per heavy atom. The predicted octanol–water partition coefficient (Wildman–Crippen LogP) is 3.67. The quantitative estimate of drug-likeness (QED) is 0.729. The number of amides is 2. The van der Waals surface area contributed by atoms with Crippen molar-refractivity contribution in [2.24, 2.45) is 0 Å². The van der Waals surface area contributed by atoms with Gasteiger partial charge in [-0.05, 0) is 82.3 Å². The minimum Gasteiger partial charge on any atom is -0.443 e. The van der Waals surface area contributed by atoms with Gasteiger partial charge >= 0.3 is 6.09 Å². The first-order chi connectivity index (χ1) is 16.2. The van der Waals surface area contributed by atoms with Crippen molar-refractivity contribution in [1.82, 2.24) is 19.8 Å². The molecule has 0 atom stereocenters. The third-order valence-electron chi connectivity index (χ3n) is 7.10. The van der Waals surface area contributed by atoms with Crippen LogP contribution in [0.1, 0.15) is 73.5 Å². The molecule has 2 amide bonds. The number of imidazole rings is 1. The van der Waals surface area contributed by atoms with Crippen LogP contribution in [0.4, 0.5) is 10.7 Å². The fourth-order valence-electron chi connectivity index (χ4n) is 5.31. The van der Waals surface area contributed by atoms with Crippen molar-refractivity contribution in [3.63, 3.8) is 0 Å². The highest BCUT2D eigenvalue weighted by atomic mass is 16.6. The van der Waals surface area contributed by atoms with E-state index in [0.717, 1.165) is 50.1 Å². The molecule has 2 fully saturated rings. The lowest BCUT2D eigenvalue weighted by Gasteiger charge is -2.30. The van der Waals surface area contributed by atoms with Gasteiger partial charge in [0.25, 0.3) is 5.91 Å². The summed E-state index contributed by atoms with van der Waals surface area (Å²) in [5.74, 6) is 0.532. The Morgan fingerprint density at radius 2 is 1.94 bits per heavy atom. The molecule has 0 unspecified atom stereocenters. The van der Waals surface area contributed by atoms with Crippen molar-refractivity contribution in [1.29, 1.82) is 0 Å². The molecule has 1 saturated carbocycles. The number of carbonyl (C=O) groups is 2. The van der Waals surface area contributed by atoms with E-state index < -0.39 is 11.7 Å². The van der Waals surface area contributed by atoms with E-state index in [9.17, 15) is 9.59 Å². The predicted molar refractivity (Wildman–Crippen MR) is 130 cm³/mol. The minimum atomic E-state index is -0.585. The van der Waals surface area contributed by atoms with Crippen LogP contribution in [0.5, 0.6) is 0 Å². The first kappa shape index (κ1) is 22.9. The zero-order valence-electron chi connectivity index (χ0n) is 20.7. The lowest BCUT2D eigenvalue weighted by atomic mass is 9.82. The molecule has 34 heavy (non-hydrogen) atoms. The Balaban J connectivity index is 1.47. The van der Waals surface area contributed by atoms with Gasteiger partial charge in [0.05, 0.1) is 6.54 Å². The van der Waals surface area contributed by atoms with Gasteiger partial charge in [-0.3, -0.25) is 14.6 Å². The van der Waals surface area contributed by atoms with Crippen molar-refractivity contribution in [2.75, 3.05) is 31.6 Å². The molecule has 1 aliphatic carbocycles. The van der Waals surface area contributed by atoms with Crippen LogP contribution in [0.2, 0.25) is 0 Å². The third kappa shape index (κ3) is 4.43. The number of hydrogen-bond donors (Lipinski definition) is 1. The Morgan fingerprint density at radius 3 is 2.62 bits per heavy atom. The van der Waals surface area contributed by atoms with E-state index >= 15 is 0 Å². The normalized spacial score (nSPS) is 19.1. The van der Waals surface area contributed by atoms with Gasteiger partial charge < -0.3 is 14.6 Å². The number of nitrogens with zero attached hydrogens (tertiary/aromatic N) is 4. The second kappa shape index (κ2) is 8.41. The molecule has 1 spiro atoms. The SMILES string of the molecule is CN(C(=O)OC(C)(C)C)c1nccn1Cc1cc(CN2CCCC2)c2c(c1)C(=O)NCC21CC1. The molecule has 1 saturated heterocycles. The summed E-state index contributed by atoms with van der Waals surface area (Å²) < 4.78 is 7.44. The van der Waals surface area contributed by atoms with E-state index in [1.54, 1.807) is 13.2 Å². The van der Waals surface area contributed by atoms with Crippen LogP contribution in [0.3, 0.4) is 0 Å². The maximum atomic E-state index is 12.9. The number of fused-ring (bicyclic) bond motifs is 2. The number of carbonyl (C=O) groups excluding carboxylic acids is 2. The first-order valence-corrected chi connectivity index (χ1v) is 12.3. The monoisotopic (exact) mass is 465 g/mol. The summed E-state index contributed by atoms with van der Waals surface area (Å²) in [5.41, 5.74) is 3.94. The van der Waals surface area contributed by atoms with Gasteiger partial charge in [0.15, 0.2) is 0 Å². The summed E-state index contributed by atoms with van der Waals surface area (Å²) >= 11 is 0. The van der Waals surface area contributed by atoms with E-state index in [4.69, 9.17) is 4.74 Å². The second-order valence-electron chi connectivity index (χ2n) is 11.0. The summed E-state index contributed by atoms with van der Waals surface area (Å²) in [4.78, 5) is 33.9. The molecule has 1 N–H and O–H groups in total. The van der Waals surface area contributed by atoms with Gasteiger partial charge in [-0.1, -0.05) is 6.07 Å². The summed E-state index contributed by atoms with van der Waals surface area (Å²) in [5, 5.41) is 3.12. The Bertz CT molecular complexity index is 1110. The molecule has 182 valence electrons. The molecule has 2 aliphatic heterocycles. The number of hydrogen-bond acceptors (Lipinski definition) is 5. The van der Waals surface area contributed by atoms with E-state index in [-0.39, 0.29) is 11.3 Å². The molecule has 8 heteroatoms. The molecule has 2 aromatic rings. The maximum Gasteiger partial charge on any atom is 0.416 e. The topological polar surface area (TPSA) is 79.7 Å². The van der Waals surface area contributed by atoms with Crippen molar-refractivity contribution in [3.8, 4) is 0 Å². The van der Waals surface area contributed by atoms with Crippen LogP contribution in [-0.4, -0.2) is 58.7 Å². The van der Waals surface area contributed by atoms with Gasteiger partial charge in [0.2, 0.25) is 5.95 Å². The molecular weight excluding hydrogens is 430 g/mol. The summed E-state index contributed by atoms with van der Waals surface area (Å²) in [6.07, 6.45) is 7.85. The number of likely N-dealkylation sites (tertiary alicyclic amines) is 1. The van der Waals surface area contributed by atoms with E-state index in [1.165, 1.54) is 28.9 Å². The molecule has 5 rings (SSSR count). The van der Waals surface area contributed by atoms with Gasteiger partial charge in [-0.15, -0.1) is 0 Å². The highest BCUT2D eigenvalue weighted by molar-refractivity contribution is 5.98. The first-order valence-electron chi connectivity index (χ1n) is 12.3. The highest BCUT2D eigenvalue weighted by Crippen LogP contribution is 2.52. The Labute approximate surface area is 201 Å². The number of nitrogens with one attached hydrogen (secondary N) is 1. The van der Waals surface area contributed by atoms with Crippen molar-refractivity contribution in [2.45, 2.75) is 70.6 Å². The summed E-state index contributed by atoms with van der Waals surface area (Å²) in [6, 6.07) is 4.31. The van der Waals surface area contributed by atoms with Crippen molar-refractivity contribution < 1.29 is 14.3 Å². The fourth-order valence-corrected chi connectivity index (χ4v) is 5.31. The number of ether oxygens (including phenoxy) is 1. The highest BCUT2D eigenvalue weighted by Gasteiger charge is 2.50. The number of anilines is 1. The van der Waals surface area contributed by atoms with Crippen LogP contribution in [0.15, 0.2) is 24.5 Å². The van der Waals surface area contributed by atoms with E-state index in [1.807, 2.05) is 37.6 Å². The molecule has 8 nitrogen and oxygen atoms in total. The van der Waals surface area contributed by atoms with Crippen molar-refractivity contribution in [3.05, 3.63) is 46.8 Å².